The molecule has 0 radical (unpaired) electrons. The lowest BCUT2D eigenvalue weighted by Gasteiger charge is -2.18. The van der Waals surface area contributed by atoms with Crippen LogP contribution in [0.25, 0.3) is 11.0 Å². The van der Waals surface area contributed by atoms with Gasteiger partial charge < -0.3 is 9.73 Å². The number of hydrogen-bond acceptors (Lipinski definition) is 3. The van der Waals surface area contributed by atoms with Gasteiger partial charge in [0.2, 0.25) is 0 Å². The monoisotopic (exact) mass is 369 g/mol. The van der Waals surface area contributed by atoms with Crippen LogP contribution in [0.4, 0.5) is 0 Å². The molecule has 0 unspecified atom stereocenters. The molecule has 3 aromatic carbocycles. The molecule has 1 heterocycles. The summed E-state index contributed by atoms with van der Waals surface area (Å²) in [6, 6.07) is 28.2. The Morgan fingerprint density at radius 1 is 0.821 bits per heavy atom. The van der Waals surface area contributed by atoms with E-state index in [0.717, 1.165) is 11.1 Å². The van der Waals surface area contributed by atoms with Crippen LogP contribution in [0.2, 0.25) is 0 Å². The number of carbonyl (C=O) groups is 1. The van der Waals surface area contributed by atoms with Gasteiger partial charge >= 0.3 is 0 Å². The first kappa shape index (κ1) is 17.7. The number of para-hydroxylation sites is 1. The predicted octanol–water partition coefficient (Wildman–Crippen LogP) is 4.35. The lowest BCUT2D eigenvalue weighted by Crippen LogP contribution is -2.29. The first-order valence-corrected chi connectivity index (χ1v) is 9.13. The highest BCUT2D eigenvalue weighted by molar-refractivity contribution is 5.93. The lowest BCUT2D eigenvalue weighted by molar-refractivity contribution is 0.0925. The highest BCUT2D eigenvalue weighted by atomic mass is 16.3. The molecular formula is C24H19NO3. The molecule has 1 aromatic heterocycles. The van der Waals surface area contributed by atoms with Crippen molar-refractivity contribution in [3.8, 4) is 0 Å². The van der Waals surface area contributed by atoms with Crippen molar-refractivity contribution >= 4 is 16.9 Å². The van der Waals surface area contributed by atoms with E-state index in [9.17, 15) is 9.59 Å². The van der Waals surface area contributed by atoms with E-state index in [1.165, 1.54) is 6.07 Å². The number of amides is 1. The molecule has 0 fully saturated rings. The van der Waals surface area contributed by atoms with Crippen LogP contribution < -0.4 is 10.7 Å². The Balaban J connectivity index is 1.59. The van der Waals surface area contributed by atoms with E-state index in [4.69, 9.17) is 4.42 Å². The van der Waals surface area contributed by atoms with E-state index in [1.807, 2.05) is 60.7 Å². The zero-order valence-electron chi connectivity index (χ0n) is 15.2. The second-order valence-electron chi connectivity index (χ2n) is 6.56. The normalized spacial score (nSPS) is 10.9. The first-order valence-electron chi connectivity index (χ1n) is 9.13. The largest absolute Gasteiger partial charge is 0.451 e. The number of benzene rings is 3. The average molecular weight is 369 g/mol. The third kappa shape index (κ3) is 3.71. The van der Waals surface area contributed by atoms with Gasteiger partial charge in [-0.2, -0.15) is 0 Å². The molecule has 1 N–H and O–H groups in total. The van der Waals surface area contributed by atoms with Crippen molar-refractivity contribution in [2.45, 2.75) is 5.92 Å². The van der Waals surface area contributed by atoms with Crippen LogP contribution >= 0.6 is 0 Å². The average Bonchev–Trinajstić information content (AvgIpc) is 2.75. The topological polar surface area (TPSA) is 59.3 Å². The predicted molar refractivity (Wildman–Crippen MR) is 110 cm³/mol. The summed E-state index contributed by atoms with van der Waals surface area (Å²) in [5, 5.41) is 3.38. The Hall–Kier alpha value is -3.66. The van der Waals surface area contributed by atoms with Crippen LogP contribution in [0.1, 0.15) is 27.6 Å². The summed E-state index contributed by atoms with van der Waals surface area (Å²) in [7, 11) is 0. The molecule has 138 valence electrons. The fourth-order valence-corrected chi connectivity index (χ4v) is 3.30. The quantitative estimate of drug-likeness (QED) is 0.569. The summed E-state index contributed by atoms with van der Waals surface area (Å²) < 4.78 is 5.64. The summed E-state index contributed by atoms with van der Waals surface area (Å²) in [5.41, 5.74) is 2.39. The minimum Gasteiger partial charge on any atom is -0.451 e. The Morgan fingerprint density at radius 2 is 1.39 bits per heavy atom. The molecule has 28 heavy (non-hydrogen) atoms. The number of fused-ring (bicyclic) bond motifs is 1. The molecule has 0 bridgehead atoms. The third-order valence-corrected chi connectivity index (χ3v) is 4.73. The van der Waals surface area contributed by atoms with Gasteiger partial charge in [0.25, 0.3) is 5.91 Å². The molecule has 0 saturated heterocycles. The highest BCUT2D eigenvalue weighted by Crippen LogP contribution is 2.24. The minimum absolute atomic E-state index is 0.00136. The number of nitrogens with one attached hydrogen (secondary N) is 1. The molecule has 4 rings (SSSR count). The Kier molecular flexibility index (Phi) is 5.02. The van der Waals surface area contributed by atoms with E-state index < -0.39 is 5.91 Å². The van der Waals surface area contributed by atoms with Crippen molar-refractivity contribution in [1.29, 1.82) is 0 Å². The Bertz CT molecular complexity index is 1110. The maximum absolute atomic E-state index is 12.7. The van der Waals surface area contributed by atoms with Gasteiger partial charge in [-0.15, -0.1) is 0 Å². The maximum atomic E-state index is 12.7. The van der Waals surface area contributed by atoms with Crippen LogP contribution in [0, 0.1) is 0 Å². The molecule has 4 aromatic rings. The van der Waals surface area contributed by atoms with Crippen molar-refractivity contribution in [3.63, 3.8) is 0 Å². The van der Waals surface area contributed by atoms with E-state index in [2.05, 4.69) is 5.32 Å². The van der Waals surface area contributed by atoms with Crippen molar-refractivity contribution in [2.75, 3.05) is 6.54 Å². The van der Waals surface area contributed by atoms with Crippen LogP contribution in [0.15, 0.2) is 100 Å². The number of carbonyl (C=O) groups excluding carboxylic acids is 1. The van der Waals surface area contributed by atoms with Gasteiger partial charge in [-0.1, -0.05) is 72.8 Å². The molecule has 0 atom stereocenters. The van der Waals surface area contributed by atoms with E-state index >= 15 is 0 Å². The summed E-state index contributed by atoms with van der Waals surface area (Å²) in [4.78, 5) is 24.9. The van der Waals surface area contributed by atoms with Crippen LogP contribution in [0.3, 0.4) is 0 Å². The molecule has 0 spiro atoms. The molecule has 0 aliphatic carbocycles. The molecule has 0 aliphatic heterocycles. The fourth-order valence-electron chi connectivity index (χ4n) is 3.30. The van der Waals surface area contributed by atoms with Crippen LogP contribution in [0.5, 0.6) is 0 Å². The van der Waals surface area contributed by atoms with Gasteiger partial charge in [0.1, 0.15) is 5.58 Å². The van der Waals surface area contributed by atoms with Crippen molar-refractivity contribution in [2.24, 2.45) is 0 Å². The molecule has 4 nitrogen and oxygen atoms in total. The van der Waals surface area contributed by atoms with Gasteiger partial charge in [-0.25, -0.2) is 0 Å². The highest BCUT2D eigenvalue weighted by Gasteiger charge is 2.17. The van der Waals surface area contributed by atoms with Crippen LogP contribution in [-0.2, 0) is 0 Å². The van der Waals surface area contributed by atoms with Crippen molar-refractivity contribution < 1.29 is 9.21 Å². The molecule has 0 aliphatic rings. The second kappa shape index (κ2) is 7.92. The zero-order valence-corrected chi connectivity index (χ0v) is 15.2. The summed E-state index contributed by atoms with van der Waals surface area (Å²) >= 11 is 0. The Morgan fingerprint density at radius 3 is 2.04 bits per heavy atom. The zero-order chi connectivity index (χ0) is 19.3. The summed E-state index contributed by atoms with van der Waals surface area (Å²) in [6.07, 6.45) is 0. The third-order valence-electron chi connectivity index (χ3n) is 4.73. The molecular weight excluding hydrogens is 350 g/mol. The van der Waals surface area contributed by atoms with Crippen molar-refractivity contribution in [1.82, 2.24) is 5.32 Å². The van der Waals surface area contributed by atoms with Gasteiger partial charge in [-0.3, -0.25) is 9.59 Å². The van der Waals surface area contributed by atoms with Gasteiger partial charge in [0.05, 0.1) is 5.39 Å². The van der Waals surface area contributed by atoms with Crippen LogP contribution in [-0.4, -0.2) is 12.5 Å². The summed E-state index contributed by atoms with van der Waals surface area (Å²) in [5.74, 6) is -0.387. The van der Waals surface area contributed by atoms with Gasteiger partial charge in [0, 0.05) is 18.5 Å². The number of rotatable bonds is 5. The van der Waals surface area contributed by atoms with E-state index in [-0.39, 0.29) is 17.1 Å². The molecule has 1 amide bonds. The van der Waals surface area contributed by atoms with Crippen molar-refractivity contribution in [3.05, 3.63) is 118 Å². The van der Waals surface area contributed by atoms with Gasteiger partial charge in [-0.05, 0) is 23.3 Å². The smallest absolute Gasteiger partial charge is 0.287 e. The van der Waals surface area contributed by atoms with Gasteiger partial charge in [0.15, 0.2) is 11.2 Å². The number of hydrogen-bond donors (Lipinski definition) is 1. The molecule has 0 saturated carbocycles. The summed E-state index contributed by atoms with van der Waals surface area (Å²) in [6.45, 7) is 0.392. The standard InChI is InChI=1S/C24H19NO3/c26-21-15-23(28-22-14-8-7-13-19(21)22)24(27)25-16-20(17-9-3-1-4-10-17)18-11-5-2-6-12-18/h1-15,20H,16H2,(H,25,27). The second-order valence-corrected chi connectivity index (χ2v) is 6.56. The first-order chi connectivity index (χ1) is 13.7. The lowest BCUT2D eigenvalue weighted by atomic mass is 9.91. The molecule has 4 heteroatoms. The minimum atomic E-state index is -0.403. The van der Waals surface area contributed by atoms with E-state index in [0.29, 0.717) is 17.5 Å². The maximum Gasteiger partial charge on any atom is 0.287 e. The Labute approximate surface area is 162 Å². The van der Waals surface area contributed by atoms with E-state index in [1.54, 1.807) is 24.3 Å². The SMILES string of the molecule is O=C(NCC(c1ccccc1)c1ccccc1)c1cc(=O)c2ccccc2o1. The fraction of sp³-hybridized carbons (Fsp3) is 0.0833.